The van der Waals surface area contributed by atoms with Crippen LogP contribution in [-0.2, 0) is 4.79 Å². The smallest absolute Gasteiger partial charge is 0.279 e. The average molecular weight is 290 g/mol. The molecule has 1 aromatic heterocycles. The maximum atomic E-state index is 12.5. The largest absolute Gasteiger partial charge is 0.302 e. The molecule has 0 saturated carbocycles. The maximum absolute atomic E-state index is 12.5. The molecule has 0 unspecified atom stereocenters. The van der Waals surface area contributed by atoms with Gasteiger partial charge in [0.15, 0.2) is 5.71 Å². The second kappa shape index (κ2) is 6.13. The Morgan fingerprint density at radius 2 is 1.95 bits per heavy atom. The molecule has 2 aromatic rings. The summed E-state index contributed by atoms with van der Waals surface area (Å²) in [7, 11) is 0. The normalized spacial score (nSPS) is 15.5. The molecule has 0 aliphatic carbocycles. The summed E-state index contributed by atoms with van der Waals surface area (Å²) < 4.78 is 0. The molecule has 0 fully saturated rings. The van der Waals surface area contributed by atoms with E-state index >= 15 is 0 Å². The number of rotatable bonds is 4. The number of hydrogen-bond donors (Lipinski definition) is 0. The first-order valence-corrected chi connectivity index (χ1v) is 6.84. The van der Waals surface area contributed by atoms with Crippen LogP contribution in [0.1, 0.15) is 11.1 Å². The highest BCUT2D eigenvalue weighted by Gasteiger charge is 2.32. The summed E-state index contributed by atoms with van der Waals surface area (Å²) in [5.74, 6) is -0.159. The second-order valence-electron chi connectivity index (χ2n) is 4.70. The lowest BCUT2D eigenvalue weighted by molar-refractivity contribution is -0.112. The van der Waals surface area contributed by atoms with E-state index in [4.69, 9.17) is 0 Å². The number of amides is 1. The molecule has 0 atom stereocenters. The number of carbonyl (C=O) groups is 1. The minimum atomic E-state index is -0.159. The van der Waals surface area contributed by atoms with Crippen LogP contribution in [0.3, 0.4) is 0 Å². The van der Waals surface area contributed by atoms with Crippen LogP contribution >= 0.6 is 0 Å². The lowest BCUT2D eigenvalue weighted by atomic mass is 10.1. The Morgan fingerprint density at radius 3 is 2.73 bits per heavy atom. The fourth-order valence-electron chi connectivity index (χ4n) is 2.27. The first kappa shape index (κ1) is 13.9. The van der Waals surface area contributed by atoms with Crippen LogP contribution < -0.4 is 4.90 Å². The molecule has 5 nitrogen and oxygen atoms in total. The Labute approximate surface area is 128 Å². The van der Waals surface area contributed by atoms with Crippen molar-refractivity contribution in [2.75, 3.05) is 11.4 Å². The zero-order valence-corrected chi connectivity index (χ0v) is 11.9. The van der Waals surface area contributed by atoms with Crippen molar-refractivity contribution in [3.05, 3.63) is 72.6 Å². The number of pyridine rings is 1. The van der Waals surface area contributed by atoms with E-state index in [0.717, 1.165) is 16.8 Å². The molecule has 0 bridgehead atoms. The minimum Gasteiger partial charge on any atom is -0.302 e. The van der Waals surface area contributed by atoms with Gasteiger partial charge < -0.3 is 4.90 Å². The van der Waals surface area contributed by atoms with Crippen molar-refractivity contribution < 1.29 is 4.79 Å². The van der Waals surface area contributed by atoms with E-state index in [1.165, 1.54) is 0 Å². The van der Waals surface area contributed by atoms with Crippen molar-refractivity contribution in [1.29, 1.82) is 0 Å². The van der Waals surface area contributed by atoms with E-state index in [1.807, 2.05) is 36.4 Å². The summed E-state index contributed by atoms with van der Waals surface area (Å²) in [6.07, 6.45) is 6.64. The van der Waals surface area contributed by atoms with Crippen LogP contribution in [0.2, 0.25) is 0 Å². The predicted molar refractivity (Wildman–Crippen MR) is 87.4 cm³/mol. The summed E-state index contributed by atoms with van der Waals surface area (Å²) in [6.45, 7) is 4.14. The van der Waals surface area contributed by atoms with Crippen LogP contribution in [0.4, 0.5) is 5.69 Å². The number of hydrogen-bond acceptors (Lipinski definition) is 4. The van der Waals surface area contributed by atoms with Gasteiger partial charge in [-0.2, -0.15) is 5.10 Å². The number of fused-ring (bicyclic) bond motifs is 1. The molecule has 22 heavy (non-hydrogen) atoms. The number of anilines is 1. The third kappa shape index (κ3) is 2.56. The van der Waals surface area contributed by atoms with Crippen molar-refractivity contribution in [1.82, 2.24) is 4.98 Å². The maximum Gasteiger partial charge on any atom is 0.279 e. The van der Waals surface area contributed by atoms with Crippen molar-refractivity contribution in [3.8, 4) is 0 Å². The van der Waals surface area contributed by atoms with Crippen molar-refractivity contribution >= 4 is 23.5 Å². The van der Waals surface area contributed by atoms with Crippen LogP contribution in [0, 0.1) is 0 Å². The molecule has 0 N–H and O–H groups in total. The first-order chi connectivity index (χ1) is 10.8. The molecule has 5 heteroatoms. The fraction of sp³-hybridized carbons (Fsp3) is 0.0588. The third-order valence-corrected chi connectivity index (χ3v) is 3.28. The highest BCUT2D eigenvalue weighted by Crippen LogP contribution is 2.28. The Bertz CT molecular complexity index is 765. The van der Waals surface area contributed by atoms with Gasteiger partial charge in [0.1, 0.15) is 0 Å². The highest BCUT2D eigenvalue weighted by atomic mass is 16.2. The number of para-hydroxylation sites is 1. The summed E-state index contributed by atoms with van der Waals surface area (Å²) in [4.78, 5) is 18.0. The van der Waals surface area contributed by atoms with E-state index in [2.05, 4.69) is 21.8 Å². The molecule has 1 amide bonds. The van der Waals surface area contributed by atoms with Crippen LogP contribution in [0.15, 0.2) is 71.6 Å². The van der Waals surface area contributed by atoms with Gasteiger partial charge in [-0.15, -0.1) is 11.7 Å². The molecule has 1 aliphatic rings. The Balaban J connectivity index is 1.93. The van der Waals surface area contributed by atoms with Crippen LogP contribution in [-0.4, -0.2) is 29.4 Å². The lowest BCUT2D eigenvalue weighted by Gasteiger charge is -2.13. The molecule has 1 aliphatic heterocycles. The summed E-state index contributed by atoms with van der Waals surface area (Å²) in [5.41, 5.74) is 2.86. The molecule has 0 saturated heterocycles. The molecule has 0 spiro atoms. The second-order valence-corrected chi connectivity index (χ2v) is 4.70. The molecule has 108 valence electrons. The number of benzene rings is 1. The first-order valence-electron chi connectivity index (χ1n) is 6.84. The Hall–Kier alpha value is -3.08. The van der Waals surface area contributed by atoms with Crippen molar-refractivity contribution in [2.45, 2.75) is 0 Å². The summed E-state index contributed by atoms with van der Waals surface area (Å²) in [5, 5.41) is 8.14. The van der Waals surface area contributed by atoms with Gasteiger partial charge in [0.25, 0.3) is 5.91 Å². The molecular formula is C17H14N4O. The Morgan fingerprint density at radius 1 is 1.18 bits per heavy atom. The molecule has 1 aromatic carbocycles. The Kier molecular flexibility index (Phi) is 3.87. The molecule has 2 heterocycles. The number of nitrogens with zero attached hydrogens (tertiary/aromatic N) is 4. The number of aromatic nitrogens is 1. The fourth-order valence-corrected chi connectivity index (χ4v) is 2.27. The molecular weight excluding hydrogens is 276 g/mol. The van der Waals surface area contributed by atoms with E-state index in [0.29, 0.717) is 12.3 Å². The minimum absolute atomic E-state index is 0.159. The predicted octanol–water partition coefficient (Wildman–Crippen LogP) is 2.44. The van der Waals surface area contributed by atoms with Gasteiger partial charge >= 0.3 is 0 Å². The van der Waals surface area contributed by atoms with Gasteiger partial charge in [0.05, 0.1) is 11.9 Å². The van der Waals surface area contributed by atoms with Gasteiger partial charge in [-0.3, -0.25) is 9.78 Å². The van der Waals surface area contributed by atoms with E-state index in [9.17, 15) is 4.79 Å². The molecule has 3 rings (SSSR count). The lowest BCUT2D eigenvalue weighted by Crippen LogP contribution is -2.30. The van der Waals surface area contributed by atoms with Crippen molar-refractivity contribution in [2.24, 2.45) is 10.2 Å². The monoisotopic (exact) mass is 290 g/mol. The van der Waals surface area contributed by atoms with E-state index in [1.54, 1.807) is 29.6 Å². The quantitative estimate of drug-likeness (QED) is 0.493. The average Bonchev–Trinajstić information content (AvgIpc) is 2.82. The number of carbonyl (C=O) groups excluding carboxylic acids is 1. The zero-order chi connectivity index (χ0) is 15.4. The van der Waals surface area contributed by atoms with Crippen molar-refractivity contribution in [3.63, 3.8) is 0 Å². The van der Waals surface area contributed by atoms with Crippen LogP contribution in [0.25, 0.3) is 0 Å². The topological polar surface area (TPSA) is 57.9 Å². The zero-order valence-electron chi connectivity index (χ0n) is 11.9. The molecule has 0 radical (unpaired) electrons. The SMILES string of the molecule is C=CCN1C(=O)/C(=N/N=C\c2ccncc2)c2ccccc21. The van der Waals surface area contributed by atoms with Gasteiger partial charge in [-0.1, -0.05) is 24.3 Å². The highest BCUT2D eigenvalue weighted by molar-refractivity contribution is 6.54. The van der Waals surface area contributed by atoms with Gasteiger partial charge in [0.2, 0.25) is 0 Å². The van der Waals surface area contributed by atoms with E-state index in [-0.39, 0.29) is 5.91 Å². The van der Waals surface area contributed by atoms with Gasteiger partial charge in [-0.05, 0) is 23.8 Å². The van der Waals surface area contributed by atoms with Gasteiger partial charge in [0, 0.05) is 24.5 Å². The standard InChI is InChI=1S/C17H14N4O/c1-2-11-21-15-6-4-3-5-14(15)16(17(21)22)20-19-12-13-7-9-18-10-8-13/h2-10,12H,1,11H2/b19-12-,20-16+. The third-order valence-electron chi connectivity index (χ3n) is 3.28. The van der Waals surface area contributed by atoms with Gasteiger partial charge in [-0.25, -0.2) is 0 Å². The summed E-state index contributed by atoms with van der Waals surface area (Å²) >= 11 is 0. The van der Waals surface area contributed by atoms with Crippen LogP contribution in [0.5, 0.6) is 0 Å². The van der Waals surface area contributed by atoms with E-state index < -0.39 is 0 Å². The summed E-state index contributed by atoms with van der Waals surface area (Å²) in [6, 6.07) is 11.2.